The largest absolute Gasteiger partial charge is 0.495 e. The smallest absolute Gasteiger partial charge is 0.266 e. The zero-order chi connectivity index (χ0) is 21.7. The third-order valence-electron chi connectivity index (χ3n) is 4.56. The maximum Gasteiger partial charge on any atom is 0.266 e. The van der Waals surface area contributed by atoms with Crippen LogP contribution in [0.4, 0.5) is 0 Å². The van der Waals surface area contributed by atoms with Gasteiger partial charge in [0.2, 0.25) is 5.91 Å². The van der Waals surface area contributed by atoms with E-state index in [1.807, 2.05) is 25.1 Å². The van der Waals surface area contributed by atoms with Crippen LogP contribution in [0.3, 0.4) is 0 Å². The highest BCUT2D eigenvalue weighted by atomic mass is 35.5. The number of nitrogens with zero attached hydrogens (tertiary/aromatic N) is 2. The van der Waals surface area contributed by atoms with Crippen molar-refractivity contribution in [2.75, 3.05) is 19.4 Å². The molecule has 0 saturated carbocycles. The van der Waals surface area contributed by atoms with Gasteiger partial charge in [0.25, 0.3) is 5.56 Å². The van der Waals surface area contributed by atoms with Gasteiger partial charge in [0, 0.05) is 11.6 Å². The number of hydrogen-bond acceptors (Lipinski definition) is 5. The van der Waals surface area contributed by atoms with E-state index in [0.29, 0.717) is 39.1 Å². The van der Waals surface area contributed by atoms with Gasteiger partial charge in [-0.1, -0.05) is 42.8 Å². The molecule has 1 N–H and O–H groups in total. The van der Waals surface area contributed by atoms with Crippen LogP contribution in [-0.2, 0) is 4.79 Å². The highest BCUT2D eigenvalue weighted by Crippen LogP contribution is 2.28. The summed E-state index contributed by atoms with van der Waals surface area (Å²) in [5.41, 5.74) is 1.81. The number of aryl methyl sites for hydroxylation is 1. The molecule has 0 atom stereocenters. The summed E-state index contributed by atoms with van der Waals surface area (Å²) < 4.78 is 7.00. The highest BCUT2D eigenvalue weighted by Gasteiger charge is 2.18. The van der Waals surface area contributed by atoms with Gasteiger partial charge in [-0.2, -0.15) is 0 Å². The van der Waals surface area contributed by atoms with Crippen LogP contribution in [0.2, 0.25) is 5.02 Å². The highest BCUT2D eigenvalue weighted by molar-refractivity contribution is 7.99. The Bertz CT molecular complexity index is 1130. The first-order valence-corrected chi connectivity index (χ1v) is 11.1. The number of ether oxygens (including phenoxy) is 1. The number of rotatable bonds is 8. The van der Waals surface area contributed by atoms with E-state index in [1.54, 1.807) is 25.3 Å². The number of nitrogens with one attached hydrogen (secondary N) is 1. The summed E-state index contributed by atoms with van der Waals surface area (Å²) in [7, 11) is 1.56. The average molecular weight is 446 g/mol. The standard InChI is InChI=1S/C22H24ClN3O3S/c1-4-5-10-24-20(27)13-30-22-25-17-12-15(23)7-8-16(17)21(28)26(22)18-11-14(2)6-9-19(18)29-3/h6-9,11-12H,4-5,10,13H2,1-3H3,(H,24,27). The first-order valence-electron chi connectivity index (χ1n) is 9.71. The number of halogens is 1. The summed E-state index contributed by atoms with van der Waals surface area (Å²) in [5.74, 6) is 0.597. The Morgan fingerprint density at radius 3 is 2.80 bits per heavy atom. The predicted octanol–water partition coefficient (Wildman–Crippen LogP) is 4.36. The van der Waals surface area contributed by atoms with Crippen molar-refractivity contribution < 1.29 is 9.53 Å². The molecule has 0 fully saturated rings. The SMILES string of the molecule is CCCCNC(=O)CSc1nc2cc(Cl)ccc2c(=O)n1-c1cc(C)ccc1OC. The molecule has 0 spiro atoms. The third-order valence-corrected chi connectivity index (χ3v) is 5.73. The number of amides is 1. The molecule has 158 valence electrons. The van der Waals surface area contributed by atoms with Crippen LogP contribution >= 0.6 is 23.4 Å². The topological polar surface area (TPSA) is 73.2 Å². The van der Waals surface area contributed by atoms with Gasteiger partial charge in [0.1, 0.15) is 5.75 Å². The molecule has 3 aromatic rings. The summed E-state index contributed by atoms with van der Waals surface area (Å²) in [4.78, 5) is 30.3. The minimum absolute atomic E-state index is 0.100. The van der Waals surface area contributed by atoms with Crippen LogP contribution in [0.5, 0.6) is 5.75 Å². The molecule has 6 nitrogen and oxygen atoms in total. The van der Waals surface area contributed by atoms with Crippen LogP contribution in [0.1, 0.15) is 25.3 Å². The average Bonchev–Trinajstić information content (AvgIpc) is 2.72. The van der Waals surface area contributed by atoms with Crippen molar-refractivity contribution in [2.24, 2.45) is 0 Å². The number of hydrogen-bond donors (Lipinski definition) is 1. The second-order valence-electron chi connectivity index (χ2n) is 6.86. The van der Waals surface area contributed by atoms with E-state index in [9.17, 15) is 9.59 Å². The van der Waals surface area contributed by atoms with Crippen molar-refractivity contribution >= 4 is 40.2 Å². The summed E-state index contributed by atoms with van der Waals surface area (Å²) >= 11 is 7.32. The molecule has 0 saturated heterocycles. The van der Waals surface area contributed by atoms with Gasteiger partial charge in [0.05, 0.1) is 29.5 Å². The Hall–Kier alpha value is -2.51. The van der Waals surface area contributed by atoms with Crippen molar-refractivity contribution in [1.82, 2.24) is 14.9 Å². The molecule has 3 rings (SSSR count). The Morgan fingerprint density at radius 2 is 2.07 bits per heavy atom. The molecule has 0 bridgehead atoms. The quantitative estimate of drug-likeness (QED) is 0.316. The summed E-state index contributed by atoms with van der Waals surface area (Å²) in [6.07, 6.45) is 1.93. The van der Waals surface area contributed by atoms with Gasteiger partial charge in [-0.3, -0.25) is 14.2 Å². The molecule has 1 heterocycles. The van der Waals surface area contributed by atoms with Crippen LogP contribution in [0.15, 0.2) is 46.3 Å². The Kier molecular flexibility index (Phi) is 7.39. The molecule has 2 aromatic carbocycles. The lowest BCUT2D eigenvalue weighted by molar-refractivity contribution is -0.118. The number of aromatic nitrogens is 2. The summed E-state index contributed by atoms with van der Waals surface area (Å²) in [6, 6.07) is 10.6. The molecular formula is C22H24ClN3O3S. The van der Waals surface area contributed by atoms with Crippen LogP contribution in [0.25, 0.3) is 16.6 Å². The number of thioether (sulfide) groups is 1. The molecule has 1 amide bonds. The normalized spacial score (nSPS) is 10.9. The zero-order valence-corrected chi connectivity index (χ0v) is 18.8. The van der Waals surface area contributed by atoms with Crippen molar-refractivity contribution in [2.45, 2.75) is 31.8 Å². The van der Waals surface area contributed by atoms with Gasteiger partial charge in [-0.25, -0.2) is 4.98 Å². The monoisotopic (exact) mass is 445 g/mol. The van der Waals surface area contributed by atoms with E-state index in [-0.39, 0.29) is 17.2 Å². The molecule has 8 heteroatoms. The zero-order valence-electron chi connectivity index (χ0n) is 17.2. The molecule has 0 unspecified atom stereocenters. The lowest BCUT2D eigenvalue weighted by atomic mass is 10.2. The second-order valence-corrected chi connectivity index (χ2v) is 8.24. The van der Waals surface area contributed by atoms with E-state index in [1.165, 1.54) is 16.3 Å². The van der Waals surface area contributed by atoms with Crippen LogP contribution in [-0.4, -0.2) is 34.9 Å². The molecular weight excluding hydrogens is 422 g/mol. The lowest BCUT2D eigenvalue weighted by Crippen LogP contribution is -2.27. The maximum atomic E-state index is 13.4. The van der Waals surface area contributed by atoms with Crippen molar-refractivity contribution in [1.29, 1.82) is 0 Å². The van der Waals surface area contributed by atoms with Crippen molar-refractivity contribution in [3.63, 3.8) is 0 Å². The summed E-state index contributed by atoms with van der Waals surface area (Å²) in [6.45, 7) is 4.64. The number of fused-ring (bicyclic) bond motifs is 1. The fourth-order valence-electron chi connectivity index (χ4n) is 3.01. The van der Waals surface area contributed by atoms with E-state index in [2.05, 4.69) is 17.2 Å². The van der Waals surface area contributed by atoms with E-state index in [4.69, 9.17) is 16.3 Å². The summed E-state index contributed by atoms with van der Waals surface area (Å²) in [5, 5.41) is 4.23. The number of benzene rings is 2. The number of unbranched alkanes of at least 4 members (excludes halogenated alkanes) is 1. The van der Waals surface area contributed by atoms with Crippen LogP contribution in [0, 0.1) is 6.92 Å². The van der Waals surface area contributed by atoms with Gasteiger partial charge in [0.15, 0.2) is 5.16 Å². The van der Waals surface area contributed by atoms with Crippen LogP contribution < -0.4 is 15.6 Å². The van der Waals surface area contributed by atoms with Gasteiger partial charge in [-0.15, -0.1) is 0 Å². The molecule has 0 radical (unpaired) electrons. The van der Waals surface area contributed by atoms with Gasteiger partial charge >= 0.3 is 0 Å². The minimum atomic E-state index is -0.241. The van der Waals surface area contributed by atoms with Crippen molar-refractivity contribution in [3.05, 3.63) is 57.3 Å². The van der Waals surface area contributed by atoms with Crippen molar-refractivity contribution in [3.8, 4) is 11.4 Å². The first-order chi connectivity index (χ1) is 14.4. The van der Waals surface area contributed by atoms with Gasteiger partial charge in [-0.05, 0) is 49.2 Å². The fourth-order valence-corrected chi connectivity index (χ4v) is 4.01. The van der Waals surface area contributed by atoms with E-state index < -0.39 is 0 Å². The first kappa shape index (κ1) is 22.2. The lowest BCUT2D eigenvalue weighted by Gasteiger charge is -2.16. The van der Waals surface area contributed by atoms with Gasteiger partial charge < -0.3 is 10.1 Å². The predicted molar refractivity (Wildman–Crippen MR) is 122 cm³/mol. The molecule has 1 aromatic heterocycles. The maximum absolute atomic E-state index is 13.4. The third kappa shape index (κ3) is 4.96. The number of carbonyl (C=O) groups is 1. The second kappa shape index (κ2) is 10.00. The minimum Gasteiger partial charge on any atom is -0.495 e. The molecule has 0 aliphatic heterocycles. The Labute approximate surface area is 184 Å². The fraction of sp³-hybridized carbons (Fsp3) is 0.318. The Morgan fingerprint density at radius 1 is 1.27 bits per heavy atom. The molecule has 0 aliphatic carbocycles. The molecule has 0 aliphatic rings. The molecule has 30 heavy (non-hydrogen) atoms. The number of carbonyl (C=O) groups excluding carboxylic acids is 1. The number of methoxy groups -OCH3 is 1. The Balaban J connectivity index is 2.10. The van der Waals surface area contributed by atoms with E-state index >= 15 is 0 Å². The van der Waals surface area contributed by atoms with E-state index in [0.717, 1.165) is 18.4 Å².